The predicted octanol–water partition coefficient (Wildman–Crippen LogP) is 2.82. The second-order valence-electron chi connectivity index (χ2n) is 4.67. The van der Waals surface area contributed by atoms with E-state index in [1.807, 2.05) is 12.1 Å². The molecule has 0 aromatic heterocycles. The van der Waals surface area contributed by atoms with Gasteiger partial charge in [-0.1, -0.05) is 6.92 Å². The Balaban J connectivity index is 2.30. The van der Waals surface area contributed by atoms with E-state index in [1.165, 1.54) is 0 Å². The molecule has 1 aliphatic heterocycles. The SMILES string of the molecule is CCCNC(C(=O)OCC)c1cc(Br)c2c(c1)OCCO2. The molecule has 0 aliphatic carbocycles. The molecule has 0 amide bonds. The Morgan fingerprint density at radius 1 is 1.38 bits per heavy atom. The van der Waals surface area contributed by atoms with E-state index in [4.69, 9.17) is 14.2 Å². The first-order valence-electron chi connectivity index (χ1n) is 7.16. The van der Waals surface area contributed by atoms with Gasteiger partial charge in [-0.25, -0.2) is 4.79 Å². The van der Waals surface area contributed by atoms with Crippen molar-refractivity contribution >= 4 is 21.9 Å². The third-order valence-corrected chi connectivity index (χ3v) is 3.66. The monoisotopic (exact) mass is 357 g/mol. The molecule has 1 aromatic rings. The van der Waals surface area contributed by atoms with Crippen LogP contribution < -0.4 is 14.8 Å². The fraction of sp³-hybridized carbons (Fsp3) is 0.533. The van der Waals surface area contributed by atoms with Crippen molar-refractivity contribution in [2.45, 2.75) is 26.3 Å². The van der Waals surface area contributed by atoms with Crippen molar-refractivity contribution in [3.05, 3.63) is 22.2 Å². The largest absolute Gasteiger partial charge is 0.486 e. The molecule has 5 nitrogen and oxygen atoms in total. The summed E-state index contributed by atoms with van der Waals surface area (Å²) in [5.41, 5.74) is 0.804. The van der Waals surface area contributed by atoms with Crippen LogP contribution in [-0.4, -0.2) is 32.3 Å². The van der Waals surface area contributed by atoms with Crippen LogP contribution in [0.4, 0.5) is 0 Å². The van der Waals surface area contributed by atoms with Crippen LogP contribution in [0.5, 0.6) is 11.5 Å². The van der Waals surface area contributed by atoms with Crippen molar-refractivity contribution in [3.8, 4) is 11.5 Å². The van der Waals surface area contributed by atoms with Crippen LogP contribution in [0.1, 0.15) is 31.9 Å². The summed E-state index contributed by atoms with van der Waals surface area (Å²) >= 11 is 3.47. The molecule has 0 saturated heterocycles. The first kappa shape index (κ1) is 16.1. The Morgan fingerprint density at radius 2 is 2.14 bits per heavy atom. The molecule has 21 heavy (non-hydrogen) atoms. The van der Waals surface area contributed by atoms with Gasteiger partial charge in [0.05, 0.1) is 11.1 Å². The molecular formula is C15H20BrNO4. The molecule has 116 valence electrons. The van der Waals surface area contributed by atoms with Crippen molar-refractivity contribution in [3.63, 3.8) is 0 Å². The van der Waals surface area contributed by atoms with Crippen molar-refractivity contribution in [2.75, 3.05) is 26.4 Å². The van der Waals surface area contributed by atoms with E-state index in [9.17, 15) is 4.79 Å². The van der Waals surface area contributed by atoms with Gasteiger partial charge in [-0.3, -0.25) is 0 Å². The minimum Gasteiger partial charge on any atom is -0.486 e. The number of fused-ring (bicyclic) bond motifs is 1. The molecule has 1 N–H and O–H groups in total. The number of hydrogen-bond acceptors (Lipinski definition) is 5. The third-order valence-electron chi connectivity index (χ3n) is 3.07. The number of nitrogens with one attached hydrogen (secondary N) is 1. The van der Waals surface area contributed by atoms with Crippen molar-refractivity contribution in [1.29, 1.82) is 0 Å². The Hall–Kier alpha value is -1.27. The van der Waals surface area contributed by atoms with Gasteiger partial charge in [0.15, 0.2) is 11.5 Å². The maximum Gasteiger partial charge on any atom is 0.327 e. The summed E-state index contributed by atoms with van der Waals surface area (Å²) in [7, 11) is 0. The van der Waals surface area contributed by atoms with Gasteiger partial charge in [-0.2, -0.15) is 0 Å². The molecule has 1 aliphatic rings. The van der Waals surface area contributed by atoms with Crippen molar-refractivity contribution < 1.29 is 19.0 Å². The van der Waals surface area contributed by atoms with Gasteiger partial charge in [0.1, 0.15) is 19.3 Å². The second kappa shape index (κ2) is 7.66. The van der Waals surface area contributed by atoms with E-state index in [2.05, 4.69) is 28.2 Å². The summed E-state index contributed by atoms with van der Waals surface area (Å²) in [6.07, 6.45) is 0.932. The molecule has 0 bridgehead atoms. The van der Waals surface area contributed by atoms with Gasteiger partial charge in [0.25, 0.3) is 0 Å². The lowest BCUT2D eigenvalue weighted by Crippen LogP contribution is -2.31. The quantitative estimate of drug-likeness (QED) is 0.793. The number of rotatable bonds is 6. The van der Waals surface area contributed by atoms with Gasteiger partial charge < -0.3 is 19.5 Å². The molecule has 0 spiro atoms. The Morgan fingerprint density at radius 3 is 2.86 bits per heavy atom. The number of halogens is 1. The number of ether oxygens (including phenoxy) is 3. The van der Waals surface area contributed by atoms with Crippen LogP contribution in [0, 0.1) is 0 Å². The summed E-state index contributed by atoms with van der Waals surface area (Å²) in [6, 6.07) is 3.21. The van der Waals surface area contributed by atoms with Crippen LogP contribution >= 0.6 is 15.9 Å². The lowest BCUT2D eigenvalue weighted by molar-refractivity contribution is -0.145. The zero-order valence-corrected chi connectivity index (χ0v) is 13.9. The molecule has 0 radical (unpaired) electrons. The Labute approximate surface area is 133 Å². The van der Waals surface area contributed by atoms with E-state index < -0.39 is 6.04 Å². The smallest absolute Gasteiger partial charge is 0.327 e. The standard InChI is InChI=1S/C15H20BrNO4/c1-3-5-17-13(15(18)19-4-2)10-8-11(16)14-12(9-10)20-6-7-21-14/h8-9,13,17H,3-7H2,1-2H3. The number of carbonyl (C=O) groups is 1. The fourth-order valence-corrected chi connectivity index (χ4v) is 2.72. The fourth-order valence-electron chi connectivity index (χ4n) is 2.15. The first-order chi connectivity index (χ1) is 10.2. The maximum absolute atomic E-state index is 12.2. The molecule has 1 heterocycles. The summed E-state index contributed by atoms with van der Waals surface area (Å²) in [5, 5.41) is 3.21. The zero-order chi connectivity index (χ0) is 15.2. The maximum atomic E-state index is 12.2. The predicted molar refractivity (Wildman–Crippen MR) is 82.8 cm³/mol. The molecule has 6 heteroatoms. The van der Waals surface area contributed by atoms with Crippen LogP contribution in [0.3, 0.4) is 0 Å². The van der Waals surface area contributed by atoms with E-state index in [0.29, 0.717) is 31.3 Å². The van der Waals surface area contributed by atoms with Gasteiger partial charge in [-0.05, 0) is 53.5 Å². The van der Waals surface area contributed by atoms with E-state index in [-0.39, 0.29) is 5.97 Å². The van der Waals surface area contributed by atoms with E-state index in [0.717, 1.165) is 23.0 Å². The van der Waals surface area contributed by atoms with Gasteiger partial charge in [0, 0.05) is 0 Å². The second-order valence-corrected chi connectivity index (χ2v) is 5.52. The van der Waals surface area contributed by atoms with Crippen molar-refractivity contribution in [1.82, 2.24) is 5.32 Å². The number of hydrogen-bond donors (Lipinski definition) is 1. The number of carbonyl (C=O) groups excluding carboxylic acids is 1. The van der Waals surface area contributed by atoms with Gasteiger partial charge in [0.2, 0.25) is 0 Å². The van der Waals surface area contributed by atoms with E-state index in [1.54, 1.807) is 6.92 Å². The van der Waals surface area contributed by atoms with E-state index >= 15 is 0 Å². The van der Waals surface area contributed by atoms with Crippen LogP contribution in [-0.2, 0) is 9.53 Å². The van der Waals surface area contributed by atoms with Gasteiger partial charge >= 0.3 is 5.97 Å². The van der Waals surface area contributed by atoms with Gasteiger partial charge in [-0.15, -0.1) is 0 Å². The normalized spacial score (nSPS) is 14.6. The Bertz CT molecular complexity index is 507. The molecule has 0 fully saturated rings. The van der Waals surface area contributed by atoms with Crippen molar-refractivity contribution in [2.24, 2.45) is 0 Å². The topological polar surface area (TPSA) is 56.8 Å². The molecule has 0 saturated carbocycles. The first-order valence-corrected chi connectivity index (χ1v) is 7.95. The zero-order valence-electron chi connectivity index (χ0n) is 12.3. The average Bonchev–Trinajstić information content (AvgIpc) is 2.48. The molecule has 1 unspecified atom stereocenters. The number of benzene rings is 1. The van der Waals surface area contributed by atoms with Crippen LogP contribution in [0.15, 0.2) is 16.6 Å². The average molecular weight is 358 g/mol. The third kappa shape index (κ3) is 3.89. The molecule has 1 aromatic carbocycles. The molecule has 1 atom stereocenters. The summed E-state index contributed by atoms with van der Waals surface area (Å²) < 4.78 is 17.1. The Kier molecular flexibility index (Phi) is 5.87. The minimum absolute atomic E-state index is 0.283. The highest BCUT2D eigenvalue weighted by Gasteiger charge is 2.25. The lowest BCUT2D eigenvalue weighted by Gasteiger charge is -2.23. The highest BCUT2D eigenvalue weighted by molar-refractivity contribution is 9.10. The number of esters is 1. The molecule has 2 rings (SSSR count). The highest BCUT2D eigenvalue weighted by atomic mass is 79.9. The highest BCUT2D eigenvalue weighted by Crippen LogP contribution is 2.40. The lowest BCUT2D eigenvalue weighted by atomic mass is 10.1. The summed E-state index contributed by atoms with van der Waals surface area (Å²) in [6.45, 7) is 5.98. The molecular weight excluding hydrogens is 338 g/mol. The summed E-state index contributed by atoms with van der Waals surface area (Å²) in [5.74, 6) is 1.05. The van der Waals surface area contributed by atoms with Crippen LogP contribution in [0.25, 0.3) is 0 Å². The van der Waals surface area contributed by atoms with Crippen LogP contribution in [0.2, 0.25) is 0 Å². The minimum atomic E-state index is -0.503. The summed E-state index contributed by atoms with van der Waals surface area (Å²) in [4.78, 5) is 12.2.